The number of urea groups is 1. The third kappa shape index (κ3) is 4.61. The highest BCUT2D eigenvalue weighted by Gasteiger charge is 2.37. The van der Waals surface area contributed by atoms with E-state index in [4.69, 9.17) is 0 Å². The van der Waals surface area contributed by atoms with Crippen molar-refractivity contribution in [2.45, 2.75) is 39.2 Å². The summed E-state index contributed by atoms with van der Waals surface area (Å²) >= 11 is 0. The van der Waals surface area contributed by atoms with Crippen molar-refractivity contribution in [1.82, 2.24) is 15.1 Å². The monoisotopic (exact) mass is 299 g/mol. The fourth-order valence-corrected chi connectivity index (χ4v) is 2.63. The van der Waals surface area contributed by atoms with Gasteiger partial charge in [0.05, 0.1) is 0 Å². The van der Waals surface area contributed by atoms with Gasteiger partial charge >= 0.3 is 12.0 Å². The molecule has 1 saturated heterocycles. The predicted molar refractivity (Wildman–Crippen MR) is 77.9 cm³/mol. The quantitative estimate of drug-likeness (QED) is 0.784. The average molecular weight is 299 g/mol. The summed E-state index contributed by atoms with van der Waals surface area (Å²) in [6, 6.07) is -1.20. The van der Waals surface area contributed by atoms with E-state index in [0.29, 0.717) is 25.4 Å². The zero-order valence-corrected chi connectivity index (χ0v) is 13.0. The third-order valence-corrected chi connectivity index (χ3v) is 3.90. The molecule has 1 heterocycles. The van der Waals surface area contributed by atoms with Crippen LogP contribution in [0.25, 0.3) is 0 Å². The molecular formula is C14H25N3O4. The maximum absolute atomic E-state index is 12.4. The Hall–Kier alpha value is -1.79. The smallest absolute Gasteiger partial charge is 0.326 e. The highest BCUT2D eigenvalue weighted by molar-refractivity contribution is 5.86. The molecule has 3 amide bonds. The van der Waals surface area contributed by atoms with Crippen molar-refractivity contribution in [2.75, 3.05) is 26.7 Å². The second kappa shape index (κ2) is 7.85. The summed E-state index contributed by atoms with van der Waals surface area (Å²) in [5.41, 5.74) is 0. The highest BCUT2D eigenvalue weighted by Crippen LogP contribution is 2.26. The fourth-order valence-electron chi connectivity index (χ4n) is 2.63. The fraction of sp³-hybridized carbons (Fsp3) is 0.786. The first-order valence-corrected chi connectivity index (χ1v) is 7.41. The number of carbonyl (C=O) groups excluding carboxylic acids is 2. The van der Waals surface area contributed by atoms with Gasteiger partial charge in [-0.2, -0.15) is 0 Å². The van der Waals surface area contributed by atoms with Gasteiger partial charge < -0.3 is 20.2 Å². The number of carbonyl (C=O) groups is 3. The first kappa shape index (κ1) is 17.3. The van der Waals surface area contributed by atoms with Crippen LogP contribution in [0.4, 0.5) is 4.79 Å². The number of carboxylic acids is 1. The van der Waals surface area contributed by atoms with Crippen LogP contribution < -0.4 is 5.32 Å². The molecule has 0 aromatic rings. The van der Waals surface area contributed by atoms with E-state index in [0.717, 1.165) is 12.8 Å². The van der Waals surface area contributed by atoms with E-state index in [1.165, 1.54) is 16.8 Å². The van der Waals surface area contributed by atoms with E-state index in [1.807, 2.05) is 6.92 Å². The van der Waals surface area contributed by atoms with Crippen LogP contribution in [0.2, 0.25) is 0 Å². The number of nitrogens with one attached hydrogen (secondary N) is 1. The molecule has 1 aliphatic rings. The van der Waals surface area contributed by atoms with Gasteiger partial charge in [-0.1, -0.05) is 13.3 Å². The second-order valence-electron chi connectivity index (χ2n) is 5.44. The summed E-state index contributed by atoms with van der Waals surface area (Å²) in [5.74, 6) is -0.888. The molecule has 2 N–H and O–H groups in total. The van der Waals surface area contributed by atoms with Crippen LogP contribution in [0.1, 0.15) is 33.1 Å². The Labute approximate surface area is 125 Å². The van der Waals surface area contributed by atoms with Gasteiger partial charge in [-0.05, 0) is 25.7 Å². The van der Waals surface area contributed by atoms with Gasteiger partial charge in [-0.15, -0.1) is 0 Å². The lowest BCUT2D eigenvalue weighted by Crippen LogP contribution is -2.55. The Morgan fingerprint density at radius 1 is 1.33 bits per heavy atom. The van der Waals surface area contributed by atoms with Crippen LogP contribution >= 0.6 is 0 Å². The number of rotatable bonds is 5. The maximum Gasteiger partial charge on any atom is 0.326 e. The number of hydrogen-bond donors (Lipinski definition) is 2. The number of amides is 3. The lowest BCUT2D eigenvalue weighted by molar-refractivity contribution is -0.144. The van der Waals surface area contributed by atoms with E-state index >= 15 is 0 Å². The molecule has 0 saturated carbocycles. The van der Waals surface area contributed by atoms with Gasteiger partial charge in [0.15, 0.2) is 0 Å². The van der Waals surface area contributed by atoms with E-state index in [9.17, 15) is 19.5 Å². The van der Waals surface area contributed by atoms with Crippen LogP contribution in [0.5, 0.6) is 0 Å². The summed E-state index contributed by atoms with van der Waals surface area (Å²) in [6.45, 7) is 4.69. The van der Waals surface area contributed by atoms with Crippen LogP contribution in [0.3, 0.4) is 0 Å². The number of hydrogen-bond acceptors (Lipinski definition) is 3. The van der Waals surface area contributed by atoms with E-state index < -0.39 is 18.0 Å². The molecule has 0 radical (unpaired) electrons. The van der Waals surface area contributed by atoms with Gasteiger partial charge in [0.1, 0.15) is 12.6 Å². The summed E-state index contributed by atoms with van der Waals surface area (Å²) < 4.78 is 0. The topological polar surface area (TPSA) is 90.0 Å². The molecule has 0 aromatic carbocycles. The molecule has 0 spiro atoms. The molecule has 1 fully saturated rings. The standard InChI is InChI=1S/C14H25N3O4/c1-4-10-6-7-17(11(8-10)13(19)20)14(21)16(3)9-12(18)15-5-2/h10-11H,4-9H2,1-3H3,(H,15,18)(H,19,20). The minimum atomic E-state index is -0.979. The zero-order valence-electron chi connectivity index (χ0n) is 13.0. The first-order chi connectivity index (χ1) is 9.90. The summed E-state index contributed by atoms with van der Waals surface area (Å²) in [7, 11) is 1.52. The van der Waals surface area contributed by atoms with Gasteiger partial charge in [0.2, 0.25) is 5.91 Å². The molecule has 2 unspecified atom stereocenters. The number of nitrogens with zero attached hydrogens (tertiary/aromatic N) is 2. The van der Waals surface area contributed by atoms with Gasteiger partial charge in [0, 0.05) is 20.1 Å². The molecule has 0 aliphatic carbocycles. The van der Waals surface area contributed by atoms with Crippen molar-refractivity contribution >= 4 is 17.9 Å². The van der Waals surface area contributed by atoms with E-state index in [1.54, 1.807) is 6.92 Å². The van der Waals surface area contributed by atoms with Crippen molar-refractivity contribution in [3.8, 4) is 0 Å². The van der Waals surface area contributed by atoms with Gasteiger partial charge in [-0.25, -0.2) is 9.59 Å². The largest absolute Gasteiger partial charge is 0.480 e. The zero-order chi connectivity index (χ0) is 16.0. The molecule has 7 heteroatoms. The minimum absolute atomic E-state index is 0.0628. The minimum Gasteiger partial charge on any atom is -0.480 e. The molecule has 1 aliphatic heterocycles. The first-order valence-electron chi connectivity index (χ1n) is 7.41. The average Bonchev–Trinajstić information content (AvgIpc) is 2.45. The van der Waals surface area contributed by atoms with Crippen LogP contribution in [-0.2, 0) is 9.59 Å². The number of carboxylic acid groups (broad SMARTS) is 1. The number of likely N-dealkylation sites (tertiary alicyclic amines) is 1. The molecule has 0 bridgehead atoms. The van der Waals surface area contributed by atoms with Crippen LogP contribution in [0, 0.1) is 5.92 Å². The summed E-state index contributed by atoms with van der Waals surface area (Å²) in [6.07, 6.45) is 2.20. The van der Waals surface area contributed by atoms with Gasteiger partial charge in [-0.3, -0.25) is 4.79 Å². The SMILES string of the molecule is CCNC(=O)CN(C)C(=O)N1CCC(CC)CC1C(=O)O. The van der Waals surface area contributed by atoms with Crippen molar-refractivity contribution in [3.05, 3.63) is 0 Å². The second-order valence-corrected chi connectivity index (χ2v) is 5.44. The van der Waals surface area contributed by atoms with Crippen LogP contribution in [-0.4, -0.2) is 65.5 Å². The number of aliphatic carboxylic acids is 1. The number of likely N-dealkylation sites (N-methyl/N-ethyl adjacent to an activating group) is 2. The van der Waals surface area contributed by atoms with E-state index in [2.05, 4.69) is 5.32 Å². The van der Waals surface area contributed by atoms with Crippen molar-refractivity contribution < 1.29 is 19.5 Å². The molecule has 0 aromatic heterocycles. The van der Waals surface area contributed by atoms with Crippen molar-refractivity contribution in [1.29, 1.82) is 0 Å². The Morgan fingerprint density at radius 2 is 2.00 bits per heavy atom. The highest BCUT2D eigenvalue weighted by atomic mass is 16.4. The summed E-state index contributed by atoms with van der Waals surface area (Å²) in [4.78, 5) is 37.9. The Kier molecular flexibility index (Phi) is 6.45. The number of piperidine rings is 1. The Bertz CT molecular complexity index is 400. The Morgan fingerprint density at radius 3 is 2.52 bits per heavy atom. The third-order valence-electron chi connectivity index (χ3n) is 3.90. The lowest BCUT2D eigenvalue weighted by Gasteiger charge is -2.38. The molecule has 21 heavy (non-hydrogen) atoms. The lowest BCUT2D eigenvalue weighted by atomic mass is 9.89. The van der Waals surface area contributed by atoms with E-state index in [-0.39, 0.29) is 12.5 Å². The van der Waals surface area contributed by atoms with Crippen molar-refractivity contribution in [3.63, 3.8) is 0 Å². The van der Waals surface area contributed by atoms with Gasteiger partial charge in [0.25, 0.3) is 0 Å². The maximum atomic E-state index is 12.4. The molecule has 2 atom stereocenters. The molecule has 120 valence electrons. The predicted octanol–water partition coefficient (Wildman–Crippen LogP) is 0.750. The normalized spacial score (nSPS) is 21.8. The molecular weight excluding hydrogens is 274 g/mol. The molecule has 1 rings (SSSR count). The summed E-state index contributed by atoms with van der Waals surface area (Å²) in [5, 5.41) is 11.9. The van der Waals surface area contributed by atoms with Crippen LogP contribution in [0.15, 0.2) is 0 Å². The Balaban J connectivity index is 2.70. The molecule has 7 nitrogen and oxygen atoms in total. The van der Waals surface area contributed by atoms with Crippen molar-refractivity contribution in [2.24, 2.45) is 5.92 Å².